The number of methoxy groups -OCH3 is 2. The van der Waals surface area contributed by atoms with Crippen LogP contribution in [0, 0.1) is 0 Å². The fourth-order valence-corrected chi connectivity index (χ4v) is 4.31. The van der Waals surface area contributed by atoms with E-state index in [2.05, 4.69) is 15.2 Å². The first-order chi connectivity index (χ1) is 15.5. The summed E-state index contributed by atoms with van der Waals surface area (Å²) in [7, 11) is 3.04. The third-order valence-corrected chi connectivity index (χ3v) is 5.80. The van der Waals surface area contributed by atoms with E-state index in [1.807, 2.05) is 31.2 Å². The van der Waals surface area contributed by atoms with Crippen molar-refractivity contribution in [1.82, 2.24) is 15.2 Å². The van der Waals surface area contributed by atoms with Crippen molar-refractivity contribution in [2.75, 3.05) is 24.9 Å². The summed E-state index contributed by atoms with van der Waals surface area (Å²) in [5, 5.41) is 9.48. The van der Waals surface area contributed by atoms with Crippen LogP contribution in [0.15, 0.2) is 41.6 Å². The SMILES string of the molecule is CCSc1nnc2c(n1)O[C@H](c1cc(Cl)cc(OC)c1OC)N(C(C)=O)c1ccccc1-2. The number of hydrogen-bond acceptors (Lipinski definition) is 8. The molecular weight excluding hydrogens is 452 g/mol. The molecule has 1 atom stereocenters. The molecule has 0 bridgehead atoms. The Labute approximate surface area is 194 Å². The van der Waals surface area contributed by atoms with Crippen molar-refractivity contribution >= 4 is 35.0 Å². The van der Waals surface area contributed by atoms with Crippen LogP contribution in [0.2, 0.25) is 5.02 Å². The first-order valence-corrected chi connectivity index (χ1v) is 11.2. The largest absolute Gasteiger partial charge is 0.493 e. The Kier molecular flexibility index (Phi) is 6.38. The molecule has 0 N–H and O–H groups in total. The highest BCUT2D eigenvalue weighted by Crippen LogP contribution is 2.47. The van der Waals surface area contributed by atoms with E-state index in [9.17, 15) is 4.79 Å². The number of hydrogen-bond donors (Lipinski definition) is 0. The van der Waals surface area contributed by atoms with E-state index in [1.54, 1.807) is 12.1 Å². The van der Waals surface area contributed by atoms with Gasteiger partial charge in [0.1, 0.15) is 0 Å². The number of para-hydroxylation sites is 1. The molecule has 1 aromatic heterocycles. The van der Waals surface area contributed by atoms with Gasteiger partial charge in [-0.05, 0) is 17.9 Å². The minimum Gasteiger partial charge on any atom is -0.493 e. The van der Waals surface area contributed by atoms with E-state index in [0.717, 1.165) is 5.75 Å². The average molecular weight is 473 g/mol. The van der Waals surface area contributed by atoms with Crippen molar-refractivity contribution in [3.63, 3.8) is 0 Å². The summed E-state index contributed by atoms with van der Waals surface area (Å²) >= 11 is 7.82. The number of ether oxygens (including phenoxy) is 3. The fraction of sp³-hybridized carbons (Fsp3) is 0.273. The van der Waals surface area contributed by atoms with Crippen molar-refractivity contribution < 1.29 is 19.0 Å². The number of carbonyl (C=O) groups is 1. The van der Waals surface area contributed by atoms with Crippen LogP contribution in [-0.4, -0.2) is 41.1 Å². The van der Waals surface area contributed by atoms with Crippen LogP contribution >= 0.6 is 23.4 Å². The van der Waals surface area contributed by atoms with Gasteiger partial charge < -0.3 is 14.2 Å². The number of benzene rings is 2. The van der Waals surface area contributed by atoms with Gasteiger partial charge in [0, 0.05) is 23.6 Å². The maximum atomic E-state index is 12.9. The second-order valence-electron chi connectivity index (χ2n) is 6.79. The van der Waals surface area contributed by atoms with Gasteiger partial charge in [0.15, 0.2) is 17.2 Å². The van der Waals surface area contributed by atoms with E-state index in [4.69, 9.17) is 25.8 Å². The summed E-state index contributed by atoms with van der Waals surface area (Å²) in [4.78, 5) is 19.0. The van der Waals surface area contributed by atoms with Crippen LogP contribution in [0.25, 0.3) is 11.3 Å². The van der Waals surface area contributed by atoms with Crippen LogP contribution < -0.4 is 19.1 Å². The second-order valence-corrected chi connectivity index (χ2v) is 8.46. The number of aromatic nitrogens is 3. The van der Waals surface area contributed by atoms with Gasteiger partial charge in [-0.1, -0.05) is 48.5 Å². The summed E-state index contributed by atoms with van der Waals surface area (Å²) < 4.78 is 17.5. The minimum atomic E-state index is -0.936. The highest BCUT2D eigenvalue weighted by molar-refractivity contribution is 7.99. The number of amides is 1. The van der Waals surface area contributed by atoms with Crippen LogP contribution in [-0.2, 0) is 4.79 Å². The van der Waals surface area contributed by atoms with E-state index in [0.29, 0.717) is 44.2 Å². The lowest BCUT2D eigenvalue weighted by molar-refractivity contribution is -0.118. The van der Waals surface area contributed by atoms with Gasteiger partial charge in [0.05, 0.1) is 25.5 Å². The first kappa shape index (κ1) is 22.2. The lowest BCUT2D eigenvalue weighted by atomic mass is 10.1. The normalized spacial score (nSPS) is 14.7. The molecule has 1 aliphatic rings. The molecule has 1 aliphatic heterocycles. The molecule has 0 saturated carbocycles. The molecule has 10 heteroatoms. The number of nitrogens with zero attached hydrogens (tertiary/aromatic N) is 4. The van der Waals surface area contributed by atoms with Crippen LogP contribution in [0.3, 0.4) is 0 Å². The molecule has 32 heavy (non-hydrogen) atoms. The molecule has 166 valence electrons. The topological polar surface area (TPSA) is 86.7 Å². The van der Waals surface area contributed by atoms with Gasteiger partial charge in [-0.25, -0.2) is 0 Å². The van der Waals surface area contributed by atoms with Crippen LogP contribution in [0.1, 0.15) is 25.6 Å². The molecule has 1 amide bonds. The Morgan fingerprint density at radius 3 is 2.69 bits per heavy atom. The monoisotopic (exact) mass is 472 g/mol. The molecule has 4 rings (SSSR count). The Bertz CT molecular complexity index is 1180. The molecule has 0 saturated heterocycles. The molecule has 3 aromatic rings. The molecule has 0 fully saturated rings. The van der Waals surface area contributed by atoms with Gasteiger partial charge in [-0.2, -0.15) is 4.98 Å². The number of carbonyl (C=O) groups excluding carboxylic acids is 1. The maximum Gasteiger partial charge on any atom is 0.247 e. The third kappa shape index (κ3) is 3.93. The molecule has 0 spiro atoms. The standard InChI is InChI=1S/C22H21ClN4O4S/c1-5-32-22-24-20-18(25-26-22)14-8-6-7-9-16(14)27(12(2)28)21(31-20)15-10-13(23)11-17(29-3)19(15)30-4/h6-11,21H,5H2,1-4H3/t21-/m1/s1. The number of anilines is 1. The Morgan fingerprint density at radius 2 is 2.00 bits per heavy atom. The van der Waals surface area contributed by atoms with E-state index < -0.39 is 6.23 Å². The van der Waals surface area contributed by atoms with Crippen molar-refractivity contribution in [1.29, 1.82) is 0 Å². The average Bonchev–Trinajstić information content (AvgIpc) is 2.93. The maximum absolute atomic E-state index is 12.9. The van der Waals surface area contributed by atoms with Crippen molar-refractivity contribution in [2.45, 2.75) is 25.2 Å². The number of thioether (sulfide) groups is 1. The number of halogens is 1. The van der Waals surface area contributed by atoms with Gasteiger partial charge in [0.25, 0.3) is 0 Å². The molecule has 2 heterocycles. The quantitative estimate of drug-likeness (QED) is 0.491. The molecule has 0 radical (unpaired) electrons. The third-order valence-electron chi connectivity index (χ3n) is 4.86. The highest BCUT2D eigenvalue weighted by atomic mass is 35.5. The van der Waals surface area contributed by atoms with Crippen molar-refractivity contribution in [3.05, 3.63) is 47.0 Å². The number of fused-ring (bicyclic) bond motifs is 3. The predicted octanol–water partition coefficient (Wildman–Crippen LogP) is 4.77. The lowest BCUT2D eigenvalue weighted by Gasteiger charge is -2.31. The number of rotatable bonds is 5. The molecule has 2 aromatic carbocycles. The van der Waals surface area contributed by atoms with Crippen molar-refractivity contribution in [2.24, 2.45) is 0 Å². The molecule has 0 unspecified atom stereocenters. The zero-order chi connectivity index (χ0) is 22.8. The van der Waals surface area contributed by atoms with E-state index in [1.165, 1.54) is 37.8 Å². The van der Waals surface area contributed by atoms with Gasteiger partial charge in [-0.3, -0.25) is 9.69 Å². The summed E-state index contributed by atoms with van der Waals surface area (Å²) in [6.07, 6.45) is -0.936. The van der Waals surface area contributed by atoms with Crippen molar-refractivity contribution in [3.8, 4) is 28.6 Å². The zero-order valence-electron chi connectivity index (χ0n) is 18.0. The Morgan fingerprint density at radius 1 is 1.22 bits per heavy atom. The van der Waals surface area contributed by atoms with E-state index in [-0.39, 0.29) is 11.8 Å². The molecular formula is C22H21ClN4O4S. The van der Waals surface area contributed by atoms with Crippen LogP contribution in [0.5, 0.6) is 17.4 Å². The second kappa shape index (κ2) is 9.22. The highest BCUT2D eigenvalue weighted by Gasteiger charge is 2.37. The first-order valence-electron chi connectivity index (χ1n) is 9.83. The van der Waals surface area contributed by atoms with Gasteiger partial charge >= 0.3 is 0 Å². The lowest BCUT2D eigenvalue weighted by Crippen LogP contribution is -2.36. The summed E-state index contributed by atoms with van der Waals surface area (Å²) in [6, 6.07) is 10.7. The zero-order valence-corrected chi connectivity index (χ0v) is 19.5. The summed E-state index contributed by atoms with van der Waals surface area (Å²) in [5.41, 5.74) is 2.25. The van der Waals surface area contributed by atoms with Crippen LogP contribution in [0.4, 0.5) is 5.69 Å². The van der Waals surface area contributed by atoms with E-state index >= 15 is 0 Å². The van der Waals surface area contributed by atoms with Gasteiger partial charge in [0.2, 0.25) is 23.2 Å². The smallest absolute Gasteiger partial charge is 0.247 e. The predicted molar refractivity (Wildman–Crippen MR) is 123 cm³/mol. The summed E-state index contributed by atoms with van der Waals surface area (Å²) in [6.45, 7) is 3.47. The Hall–Kier alpha value is -3.04. The Balaban J connectivity index is 2.00. The molecule has 8 nitrogen and oxygen atoms in total. The van der Waals surface area contributed by atoms with Gasteiger partial charge in [-0.15, -0.1) is 10.2 Å². The molecule has 0 aliphatic carbocycles. The fourth-order valence-electron chi connectivity index (χ4n) is 3.59. The summed E-state index contributed by atoms with van der Waals surface area (Å²) in [5.74, 6) is 1.62. The minimum absolute atomic E-state index is 0.243.